The molecule has 2 aromatic rings. The summed E-state index contributed by atoms with van der Waals surface area (Å²) in [4.78, 5) is 23.5. The number of nitrogens with zero attached hydrogens (tertiary/aromatic N) is 2. The number of carboxylic acid groups (broad SMARTS) is 1. The van der Waals surface area contributed by atoms with Crippen molar-refractivity contribution in [2.45, 2.75) is 6.54 Å². The fourth-order valence-corrected chi connectivity index (χ4v) is 1.89. The van der Waals surface area contributed by atoms with E-state index in [4.69, 9.17) is 10.4 Å². The minimum atomic E-state index is -0.990. The second-order valence-corrected chi connectivity index (χ2v) is 4.40. The van der Waals surface area contributed by atoms with E-state index >= 15 is 0 Å². The maximum absolute atomic E-state index is 11.2. The molecule has 0 saturated heterocycles. The van der Waals surface area contributed by atoms with Gasteiger partial charge >= 0.3 is 5.97 Å². The molecule has 0 atom stereocenters. The van der Waals surface area contributed by atoms with Crippen LogP contribution in [0.1, 0.15) is 21.5 Å². The molecule has 0 aliphatic heterocycles. The molecule has 104 valence electrons. The number of aromatic carboxylic acids is 1. The van der Waals surface area contributed by atoms with Gasteiger partial charge in [0.1, 0.15) is 0 Å². The first-order valence-electron chi connectivity index (χ1n) is 6.18. The minimum absolute atomic E-state index is 0.197. The van der Waals surface area contributed by atoms with Crippen molar-refractivity contribution in [1.29, 1.82) is 5.26 Å². The van der Waals surface area contributed by atoms with Crippen molar-refractivity contribution >= 4 is 18.1 Å². The Hall–Kier alpha value is -3.13. The number of carboxylic acids is 1. The molecule has 0 aliphatic carbocycles. The summed E-state index contributed by atoms with van der Waals surface area (Å²) >= 11 is 0. The van der Waals surface area contributed by atoms with Crippen LogP contribution in [-0.4, -0.2) is 17.5 Å². The molecule has 5 nitrogen and oxygen atoms in total. The molecule has 0 heterocycles. The molecule has 0 spiro atoms. The topological polar surface area (TPSA) is 81.4 Å². The first-order chi connectivity index (χ1) is 10.1. The molecule has 1 amide bonds. The molecule has 0 radical (unpaired) electrons. The molecule has 0 unspecified atom stereocenters. The fourth-order valence-electron chi connectivity index (χ4n) is 1.89. The van der Waals surface area contributed by atoms with Gasteiger partial charge in [0.15, 0.2) is 0 Å². The summed E-state index contributed by atoms with van der Waals surface area (Å²) in [5, 5.41) is 17.7. The van der Waals surface area contributed by atoms with Gasteiger partial charge < -0.3 is 10.0 Å². The summed E-state index contributed by atoms with van der Waals surface area (Å²) < 4.78 is 0. The molecular formula is C16H12N2O3. The predicted octanol–water partition coefficient (Wildman–Crippen LogP) is 2.42. The SMILES string of the molecule is N#Cc1cccc(N(C=O)Cc2ccc(C(=O)O)cc2)c1. The summed E-state index contributed by atoms with van der Waals surface area (Å²) in [5.41, 5.74) is 2.09. The molecule has 1 N–H and O–H groups in total. The summed E-state index contributed by atoms with van der Waals surface area (Å²) in [6.45, 7) is 0.304. The third-order valence-corrected chi connectivity index (χ3v) is 2.99. The maximum atomic E-state index is 11.2. The Bertz CT molecular complexity index is 702. The van der Waals surface area contributed by atoms with Crippen LogP contribution in [0.4, 0.5) is 5.69 Å². The highest BCUT2D eigenvalue weighted by Gasteiger charge is 2.08. The molecule has 0 fully saturated rings. The van der Waals surface area contributed by atoms with Crippen molar-refractivity contribution in [3.63, 3.8) is 0 Å². The van der Waals surface area contributed by atoms with Crippen molar-refractivity contribution in [2.24, 2.45) is 0 Å². The average molecular weight is 280 g/mol. The normalized spacial score (nSPS) is 9.67. The van der Waals surface area contributed by atoms with Gasteiger partial charge in [0.05, 0.1) is 23.7 Å². The zero-order chi connectivity index (χ0) is 15.2. The van der Waals surface area contributed by atoms with Crippen LogP contribution in [-0.2, 0) is 11.3 Å². The zero-order valence-corrected chi connectivity index (χ0v) is 11.1. The summed E-state index contributed by atoms with van der Waals surface area (Å²) in [5.74, 6) is -0.990. The molecule has 5 heteroatoms. The molecule has 0 bridgehead atoms. The van der Waals surface area contributed by atoms with E-state index in [1.54, 1.807) is 36.4 Å². The number of anilines is 1. The second kappa shape index (κ2) is 6.35. The number of benzene rings is 2. The van der Waals surface area contributed by atoms with Gasteiger partial charge in [-0.15, -0.1) is 0 Å². The van der Waals surface area contributed by atoms with E-state index < -0.39 is 5.97 Å². The summed E-state index contributed by atoms with van der Waals surface area (Å²) in [7, 11) is 0. The van der Waals surface area contributed by atoms with Crippen molar-refractivity contribution in [3.8, 4) is 6.07 Å². The lowest BCUT2D eigenvalue weighted by Gasteiger charge is -2.17. The monoisotopic (exact) mass is 280 g/mol. The van der Waals surface area contributed by atoms with Crippen LogP contribution >= 0.6 is 0 Å². The van der Waals surface area contributed by atoms with Crippen LogP contribution < -0.4 is 4.90 Å². The molecule has 2 rings (SSSR count). The third-order valence-electron chi connectivity index (χ3n) is 2.99. The van der Waals surface area contributed by atoms with Gasteiger partial charge in [-0.1, -0.05) is 18.2 Å². The van der Waals surface area contributed by atoms with Crippen molar-refractivity contribution < 1.29 is 14.7 Å². The van der Waals surface area contributed by atoms with Crippen LogP contribution in [0.5, 0.6) is 0 Å². The van der Waals surface area contributed by atoms with Crippen LogP contribution in [0.2, 0.25) is 0 Å². The lowest BCUT2D eigenvalue weighted by Crippen LogP contribution is -2.20. The van der Waals surface area contributed by atoms with Gasteiger partial charge in [0, 0.05) is 5.69 Å². The molecular weight excluding hydrogens is 268 g/mol. The minimum Gasteiger partial charge on any atom is -0.478 e. The predicted molar refractivity (Wildman–Crippen MR) is 76.8 cm³/mol. The first-order valence-corrected chi connectivity index (χ1v) is 6.18. The Labute approximate surface area is 121 Å². The van der Waals surface area contributed by atoms with Crippen LogP contribution in [0, 0.1) is 11.3 Å². The van der Waals surface area contributed by atoms with Crippen molar-refractivity contribution in [1.82, 2.24) is 0 Å². The fraction of sp³-hybridized carbons (Fsp3) is 0.0625. The number of amides is 1. The zero-order valence-electron chi connectivity index (χ0n) is 11.1. The average Bonchev–Trinajstić information content (AvgIpc) is 2.53. The molecule has 2 aromatic carbocycles. The molecule has 0 aliphatic rings. The first kappa shape index (κ1) is 14.3. The standard InChI is InChI=1S/C16H12N2O3/c17-9-13-2-1-3-15(8-13)18(11-19)10-12-4-6-14(7-5-12)16(20)21/h1-8,11H,10H2,(H,20,21). The highest BCUT2D eigenvalue weighted by Crippen LogP contribution is 2.17. The van der Waals surface area contributed by atoms with Crippen molar-refractivity contribution in [3.05, 3.63) is 65.2 Å². The Balaban J connectivity index is 2.20. The third kappa shape index (κ3) is 3.45. The van der Waals surface area contributed by atoms with Gasteiger partial charge in [-0.2, -0.15) is 5.26 Å². The van der Waals surface area contributed by atoms with Crippen LogP contribution in [0.15, 0.2) is 48.5 Å². The van der Waals surface area contributed by atoms with E-state index in [0.717, 1.165) is 5.56 Å². The molecule has 0 aromatic heterocycles. The highest BCUT2D eigenvalue weighted by atomic mass is 16.4. The van der Waals surface area contributed by atoms with Gasteiger partial charge in [0.25, 0.3) is 0 Å². The number of hydrogen-bond donors (Lipinski definition) is 1. The van der Waals surface area contributed by atoms with Crippen molar-refractivity contribution in [2.75, 3.05) is 4.90 Å². The number of carbonyl (C=O) groups is 2. The van der Waals surface area contributed by atoms with E-state index in [0.29, 0.717) is 24.2 Å². The van der Waals surface area contributed by atoms with Crippen LogP contribution in [0.3, 0.4) is 0 Å². The molecule has 21 heavy (non-hydrogen) atoms. The number of carbonyl (C=O) groups excluding carboxylic acids is 1. The van der Waals surface area contributed by atoms with Gasteiger partial charge in [-0.05, 0) is 35.9 Å². The Morgan fingerprint density at radius 3 is 2.52 bits per heavy atom. The van der Waals surface area contributed by atoms with Gasteiger partial charge in [-0.25, -0.2) is 4.79 Å². The number of nitriles is 1. The maximum Gasteiger partial charge on any atom is 0.335 e. The lowest BCUT2D eigenvalue weighted by atomic mass is 10.1. The van der Waals surface area contributed by atoms with E-state index in [2.05, 4.69) is 0 Å². The number of hydrogen-bond acceptors (Lipinski definition) is 3. The smallest absolute Gasteiger partial charge is 0.335 e. The van der Waals surface area contributed by atoms with E-state index in [-0.39, 0.29) is 5.56 Å². The lowest BCUT2D eigenvalue weighted by molar-refractivity contribution is -0.107. The Morgan fingerprint density at radius 2 is 1.95 bits per heavy atom. The van der Waals surface area contributed by atoms with E-state index in [1.807, 2.05) is 6.07 Å². The number of rotatable bonds is 5. The quantitative estimate of drug-likeness (QED) is 0.853. The second-order valence-electron chi connectivity index (χ2n) is 4.40. The Kier molecular flexibility index (Phi) is 4.32. The Morgan fingerprint density at radius 1 is 1.24 bits per heavy atom. The van der Waals surface area contributed by atoms with Gasteiger partial charge in [-0.3, -0.25) is 4.79 Å². The highest BCUT2D eigenvalue weighted by molar-refractivity contribution is 5.87. The van der Waals surface area contributed by atoms with E-state index in [9.17, 15) is 9.59 Å². The summed E-state index contributed by atoms with van der Waals surface area (Å²) in [6.07, 6.45) is 0.682. The van der Waals surface area contributed by atoms with Crippen LogP contribution in [0.25, 0.3) is 0 Å². The molecule has 0 saturated carbocycles. The summed E-state index contributed by atoms with van der Waals surface area (Å²) in [6, 6.07) is 15.1. The largest absolute Gasteiger partial charge is 0.478 e. The van der Waals surface area contributed by atoms with Gasteiger partial charge in [0.2, 0.25) is 6.41 Å². The van der Waals surface area contributed by atoms with E-state index in [1.165, 1.54) is 17.0 Å².